The molecule has 2 aliphatic rings. The zero-order valence-electron chi connectivity index (χ0n) is 13.3. The molecular weight excluding hydrogens is 272 g/mol. The molecule has 0 aromatic heterocycles. The third-order valence-corrected chi connectivity index (χ3v) is 9.25. The second-order valence-electron chi connectivity index (χ2n) is 7.26. The molecule has 1 saturated heterocycles. The van der Waals surface area contributed by atoms with Crippen molar-refractivity contribution in [3.8, 4) is 0 Å². The lowest BCUT2D eigenvalue weighted by molar-refractivity contribution is -0.178. The van der Waals surface area contributed by atoms with Gasteiger partial charge in [-0.3, -0.25) is 4.79 Å². The Hall–Kier alpha value is -0.653. The fourth-order valence-electron chi connectivity index (χ4n) is 2.29. The third-order valence-electron chi connectivity index (χ3n) is 4.75. The van der Waals surface area contributed by atoms with Gasteiger partial charge in [-0.2, -0.15) is 0 Å². The van der Waals surface area contributed by atoms with Crippen molar-refractivity contribution in [2.24, 2.45) is 11.8 Å². The van der Waals surface area contributed by atoms with Crippen LogP contribution in [0.4, 0.5) is 0 Å². The molecule has 0 N–H and O–H groups in total. The molecule has 1 heterocycles. The molecule has 114 valence electrons. The zero-order chi connectivity index (χ0) is 15.1. The number of fused-ring (bicyclic) bond motifs is 1. The fraction of sp³-hybridized carbons (Fsp3) is 0.800. The van der Waals surface area contributed by atoms with Crippen molar-refractivity contribution in [1.82, 2.24) is 0 Å². The molecule has 4 nitrogen and oxygen atoms in total. The monoisotopic (exact) mass is 298 g/mol. The second kappa shape index (κ2) is 5.28. The molecule has 1 fully saturated rings. The highest BCUT2D eigenvalue weighted by Crippen LogP contribution is 2.43. The largest absolute Gasteiger partial charge is 0.435 e. The van der Waals surface area contributed by atoms with Crippen LogP contribution in [0.25, 0.3) is 0 Å². The SMILES string of the molecule is CC(=O)OC1O[C@H](CO[Si](C)(C)C(C)(C)C)[C@H]2C=C[C@@H]12. The van der Waals surface area contributed by atoms with Crippen LogP contribution in [0, 0.1) is 11.8 Å². The van der Waals surface area contributed by atoms with Gasteiger partial charge in [-0.15, -0.1) is 0 Å². The smallest absolute Gasteiger partial charge is 0.304 e. The number of hydrogen-bond donors (Lipinski definition) is 0. The molecule has 1 unspecified atom stereocenters. The number of ether oxygens (including phenoxy) is 2. The topological polar surface area (TPSA) is 44.8 Å². The Bertz CT molecular complexity index is 411. The van der Waals surface area contributed by atoms with E-state index in [9.17, 15) is 4.79 Å². The van der Waals surface area contributed by atoms with Gasteiger partial charge in [0.25, 0.3) is 0 Å². The Labute approximate surface area is 122 Å². The van der Waals surface area contributed by atoms with E-state index in [0.717, 1.165) is 0 Å². The Kier molecular flexibility index (Phi) is 4.15. The number of carbonyl (C=O) groups is 1. The van der Waals surface area contributed by atoms with Crippen molar-refractivity contribution in [3.63, 3.8) is 0 Å². The van der Waals surface area contributed by atoms with Crippen LogP contribution in [0.3, 0.4) is 0 Å². The van der Waals surface area contributed by atoms with Gasteiger partial charge in [0, 0.05) is 18.8 Å². The van der Waals surface area contributed by atoms with Crippen LogP contribution in [-0.2, 0) is 18.7 Å². The minimum Gasteiger partial charge on any atom is -0.435 e. The lowest BCUT2D eigenvalue weighted by atomic mass is 9.81. The van der Waals surface area contributed by atoms with Crippen LogP contribution >= 0.6 is 0 Å². The van der Waals surface area contributed by atoms with Crippen LogP contribution in [0.2, 0.25) is 18.1 Å². The highest BCUT2D eigenvalue weighted by Gasteiger charge is 2.49. The average molecular weight is 298 g/mol. The van der Waals surface area contributed by atoms with Gasteiger partial charge in [0.2, 0.25) is 6.29 Å². The Morgan fingerprint density at radius 2 is 1.85 bits per heavy atom. The van der Waals surface area contributed by atoms with Crippen molar-refractivity contribution in [1.29, 1.82) is 0 Å². The maximum atomic E-state index is 11.1. The van der Waals surface area contributed by atoms with E-state index in [4.69, 9.17) is 13.9 Å². The summed E-state index contributed by atoms with van der Waals surface area (Å²) in [5, 5.41) is 0.190. The van der Waals surface area contributed by atoms with E-state index < -0.39 is 14.6 Å². The first kappa shape index (κ1) is 15.7. The summed E-state index contributed by atoms with van der Waals surface area (Å²) in [6, 6.07) is 0. The first-order valence-corrected chi connectivity index (χ1v) is 10.2. The molecular formula is C15H26O4Si. The summed E-state index contributed by atoms with van der Waals surface area (Å²) in [7, 11) is -1.77. The molecule has 0 bridgehead atoms. The van der Waals surface area contributed by atoms with Gasteiger partial charge in [0.1, 0.15) is 0 Å². The van der Waals surface area contributed by atoms with E-state index >= 15 is 0 Å². The number of esters is 1. The average Bonchev–Trinajstić information content (AvgIpc) is 2.43. The summed E-state index contributed by atoms with van der Waals surface area (Å²) in [5.74, 6) is 0.232. The summed E-state index contributed by atoms with van der Waals surface area (Å²) >= 11 is 0. The van der Waals surface area contributed by atoms with Crippen molar-refractivity contribution >= 4 is 14.3 Å². The van der Waals surface area contributed by atoms with Crippen molar-refractivity contribution < 1.29 is 18.7 Å². The number of carbonyl (C=O) groups excluding carboxylic acids is 1. The Morgan fingerprint density at radius 1 is 1.25 bits per heavy atom. The molecule has 0 radical (unpaired) electrons. The van der Waals surface area contributed by atoms with Crippen LogP contribution in [0.5, 0.6) is 0 Å². The molecule has 20 heavy (non-hydrogen) atoms. The van der Waals surface area contributed by atoms with Gasteiger partial charge in [0.15, 0.2) is 8.32 Å². The maximum Gasteiger partial charge on any atom is 0.304 e. The second-order valence-corrected chi connectivity index (χ2v) is 12.1. The number of hydrogen-bond acceptors (Lipinski definition) is 4. The lowest BCUT2D eigenvalue weighted by Crippen LogP contribution is -2.43. The Morgan fingerprint density at radius 3 is 2.30 bits per heavy atom. The van der Waals surface area contributed by atoms with Gasteiger partial charge in [-0.1, -0.05) is 32.9 Å². The predicted octanol–water partition coefficient (Wildman–Crippen LogP) is 3.10. The van der Waals surface area contributed by atoms with E-state index in [1.54, 1.807) is 0 Å². The first-order valence-electron chi connectivity index (χ1n) is 7.27. The summed E-state index contributed by atoms with van der Waals surface area (Å²) in [5.41, 5.74) is 0. The summed E-state index contributed by atoms with van der Waals surface area (Å²) < 4.78 is 17.3. The van der Waals surface area contributed by atoms with Crippen molar-refractivity contribution in [2.75, 3.05) is 6.61 Å². The summed E-state index contributed by atoms with van der Waals surface area (Å²) in [6.45, 7) is 13.1. The fourth-order valence-corrected chi connectivity index (χ4v) is 3.31. The van der Waals surface area contributed by atoms with E-state index in [1.165, 1.54) is 6.92 Å². The van der Waals surface area contributed by atoms with Crippen LogP contribution < -0.4 is 0 Å². The van der Waals surface area contributed by atoms with Crippen molar-refractivity contribution in [3.05, 3.63) is 12.2 Å². The normalized spacial score (nSPS) is 32.7. The minimum absolute atomic E-state index is 0.00322. The molecule has 0 aromatic rings. The van der Waals surface area contributed by atoms with Gasteiger partial charge < -0.3 is 13.9 Å². The van der Waals surface area contributed by atoms with E-state index in [0.29, 0.717) is 12.5 Å². The molecule has 0 spiro atoms. The summed E-state index contributed by atoms with van der Waals surface area (Å²) in [4.78, 5) is 11.1. The molecule has 5 heteroatoms. The highest BCUT2D eigenvalue weighted by molar-refractivity contribution is 6.74. The summed E-state index contributed by atoms with van der Waals surface area (Å²) in [6.07, 6.45) is 3.76. The highest BCUT2D eigenvalue weighted by atomic mass is 28.4. The zero-order valence-corrected chi connectivity index (χ0v) is 14.3. The lowest BCUT2D eigenvalue weighted by Gasteiger charge is -2.37. The van der Waals surface area contributed by atoms with E-state index in [1.807, 2.05) is 0 Å². The van der Waals surface area contributed by atoms with Crippen molar-refractivity contribution in [2.45, 2.75) is 58.2 Å². The molecule has 0 saturated carbocycles. The molecule has 1 aliphatic carbocycles. The van der Waals surface area contributed by atoms with Gasteiger partial charge >= 0.3 is 5.97 Å². The minimum atomic E-state index is -1.77. The van der Waals surface area contributed by atoms with Gasteiger partial charge in [-0.25, -0.2) is 0 Å². The molecule has 1 aliphatic heterocycles. The van der Waals surface area contributed by atoms with Crippen LogP contribution in [0.1, 0.15) is 27.7 Å². The maximum absolute atomic E-state index is 11.1. The number of rotatable bonds is 4. The molecule has 2 rings (SSSR count). The van der Waals surface area contributed by atoms with Crippen LogP contribution in [-0.4, -0.2) is 33.3 Å². The molecule has 0 amide bonds. The molecule has 0 aromatic carbocycles. The standard InChI is InChI=1S/C15H26O4Si/c1-10(16)18-14-12-8-7-11(12)13(19-14)9-17-20(5,6)15(2,3)4/h7-8,11-14H,9H2,1-6H3/t11-,12+,13+,14?/m0/s1. The molecule has 4 atom stereocenters. The van der Waals surface area contributed by atoms with Gasteiger partial charge in [-0.05, 0) is 18.1 Å². The predicted molar refractivity (Wildman–Crippen MR) is 79.7 cm³/mol. The third kappa shape index (κ3) is 2.99. The first-order chi connectivity index (χ1) is 9.12. The van der Waals surface area contributed by atoms with Gasteiger partial charge in [0.05, 0.1) is 12.7 Å². The quantitative estimate of drug-likeness (QED) is 0.454. The Balaban J connectivity index is 1.92. The van der Waals surface area contributed by atoms with E-state index in [2.05, 4.69) is 46.0 Å². The van der Waals surface area contributed by atoms with E-state index in [-0.39, 0.29) is 23.0 Å². The van der Waals surface area contributed by atoms with Crippen LogP contribution in [0.15, 0.2) is 12.2 Å².